The van der Waals surface area contributed by atoms with Gasteiger partial charge in [0.05, 0.1) is 0 Å². The standard InChI is InChI=1S/C11H16N2O2/c14-9-10-7-12(8-10)5-6-13-4-2-1-3-11(13)15/h1-4,10,14H,5-9H2. The molecule has 0 atom stereocenters. The van der Waals surface area contributed by atoms with Crippen molar-refractivity contribution in [1.82, 2.24) is 9.47 Å². The van der Waals surface area contributed by atoms with E-state index in [2.05, 4.69) is 4.90 Å². The minimum absolute atomic E-state index is 0.0525. The first kappa shape index (κ1) is 10.4. The zero-order valence-corrected chi connectivity index (χ0v) is 8.67. The third kappa shape index (κ3) is 2.46. The van der Waals surface area contributed by atoms with Crippen LogP contribution in [0, 0.1) is 5.92 Å². The SMILES string of the molecule is O=c1ccccn1CCN1CC(CO)C1. The van der Waals surface area contributed by atoms with Gasteiger partial charge in [0.1, 0.15) is 0 Å². The Kier molecular flexibility index (Phi) is 3.18. The maximum atomic E-state index is 11.4. The van der Waals surface area contributed by atoms with E-state index >= 15 is 0 Å². The zero-order chi connectivity index (χ0) is 10.7. The highest BCUT2D eigenvalue weighted by molar-refractivity contribution is 4.93. The summed E-state index contributed by atoms with van der Waals surface area (Å²) in [6.45, 7) is 3.82. The molecule has 1 aliphatic heterocycles. The van der Waals surface area contributed by atoms with Gasteiger partial charge in [-0.1, -0.05) is 6.07 Å². The maximum Gasteiger partial charge on any atom is 0.250 e. The first-order chi connectivity index (χ1) is 7.29. The fourth-order valence-corrected chi connectivity index (χ4v) is 1.87. The van der Waals surface area contributed by atoms with Gasteiger partial charge < -0.3 is 14.6 Å². The van der Waals surface area contributed by atoms with Crippen molar-refractivity contribution in [2.24, 2.45) is 5.92 Å². The van der Waals surface area contributed by atoms with Gasteiger partial charge in [-0.15, -0.1) is 0 Å². The molecule has 0 spiro atoms. The Morgan fingerprint density at radius 1 is 1.33 bits per heavy atom. The van der Waals surface area contributed by atoms with Crippen molar-refractivity contribution in [2.75, 3.05) is 26.2 Å². The highest BCUT2D eigenvalue weighted by Crippen LogP contribution is 2.13. The third-order valence-corrected chi connectivity index (χ3v) is 2.85. The van der Waals surface area contributed by atoms with Crippen LogP contribution in [0.15, 0.2) is 29.2 Å². The van der Waals surface area contributed by atoms with Crippen molar-refractivity contribution in [3.63, 3.8) is 0 Å². The van der Waals surface area contributed by atoms with Gasteiger partial charge in [0, 0.05) is 51.0 Å². The summed E-state index contributed by atoms with van der Waals surface area (Å²) in [7, 11) is 0. The molecule has 0 unspecified atom stereocenters. The fraction of sp³-hybridized carbons (Fsp3) is 0.545. The average Bonchev–Trinajstić information content (AvgIpc) is 2.18. The Morgan fingerprint density at radius 3 is 2.80 bits per heavy atom. The van der Waals surface area contributed by atoms with E-state index in [0.717, 1.165) is 26.2 Å². The van der Waals surface area contributed by atoms with Crippen molar-refractivity contribution in [2.45, 2.75) is 6.54 Å². The van der Waals surface area contributed by atoms with Crippen LogP contribution in [0.3, 0.4) is 0 Å². The molecule has 2 rings (SSSR count). The van der Waals surface area contributed by atoms with Gasteiger partial charge in [0.2, 0.25) is 0 Å². The summed E-state index contributed by atoms with van der Waals surface area (Å²) in [5.41, 5.74) is 0.0525. The van der Waals surface area contributed by atoms with E-state index in [1.807, 2.05) is 12.3 Å². The molecule has 0 amide bonds. The Balaban J connectivity index is 1.80. The second-order valence-electron chi connectivity index (χ2n) is 4.04. The number of hydrogen-bond donors (Lipinski definition) is 1. The molecule has 1 aromatic rings. The maximum absolute atomic E-state index is 11.4. The van der Waals surface area contributed by atoms with Crippen molar-refractivity contribution in [1.29, 1.82) is 0 Å². The minimum atomic E-state index is 0.0525. The summed E-state index contributed by atoms with van der Waals surface area (Å²) >= 11 is 0. The summed E-state index contributed by atoms with van der Waals surface area (Å²) < 4.78 is 1.71. The second-order valence-corrected chi connectivity index (χ2v) is 4.04. The molecule has 0 radical (unpaired) electrons. The molecule has 1 aliphatic rings. The summed E-state index contributed by atoms with van der Waals surface area (Å²) in [6, 6.07) is 5.20. The number of hydrogen-bond acceptors (Lipinski definition) is 3. The van der Waals surface area contributed by atoms with Crippen LogP contribution in [0.2, 0.25) is 0 Å². The monoisotopic (exact) mass is 208 g/mol. The van der Waals surface area contributed by atoms with Crippen LogP contribution in [0.4, 0.5) is 0 Å². The van der Waals surface area contributed by atoms with Crippen LogP contribution in [-0.4, -0.2) is 40.8 Å². The average molecular weight is 208 g/mol. The molecule has 1 N–H and O–H groups in total. The lowest BCUT2D eigenvalue weighted by atomic mass is 10.0. The molecule has 0 aromatic carbocycles. The van der Waals surface area contributed by atoms with Crippen LogP contribution < -0.4 is 5.56 Å². The van der Waals surface area contributed by atoms with E-state index < -0.39 is 0 Å². The summed E-state index contributed by atoms with van der Waals surface area (Å²) in [4.78, 5) is 13.6. The van der Waals surface area contributed by atoms with Crippen LogP contribution in [0.1, 0.15) is 0 Å². The second kappa shape index (κ2) is 4.59. The van der Waals surface area contributed by atoms with Crippen LogP contribution in [-0.2, 0) is 6.54 Å². The molecule has 15 heavy (non-hydrogen) atoms. The van der Waals surface area contributed by atoms with Crippen molar-refractivity contribution in [3.8, 4) is 0 Å². The number of aliphatic hydroxyl groups excluding tert-OH is 1. The fourth-order valence-electron chi connectivity index (χ4n) is 1.87. The first-order valence-corrected chi connectivity index (χ1v) is 5.28. The Labute approximate surface area is 88.8 Å². The normalized spacial score (nSPS) is 17.7. The minimum Gasteiger partial charge on any atom is -0.396 e. The predicted molar refractivity (Wildman–Crippen MR) is 57.7 cm³/mol. The topological polar surface area (TPSA) is 45.5 Å². The molecule has 0 saturated carbocycles. The molecule has 1 fully saturated rings. The molecule has 2 heterocycles. The number of pyridine rings is 1. The molecule has 0 aliphatic carbocycles. The summed E-state index contributed by atoms with van der Waals surface area (Å²) in [6.07, 6.45) is 1.81. The van der Waals surface area contributed by atoms with Crippen molar-refractivity contribution in [3.05, 3.63) is 34.7 Å². The van der Waals surface area contributed by atoms with Gasteiger partial charge >= 0.3 is 0 Å². The predicted octanol–water partition coefficient (Wildman–Crippen LogP) is -0.228. The van der Waals surface area contributed by atoms with Gasteiger partial charge in [0.25, 0.3) is 5.56 Å². The summed E-state index contributed by atoms with van der Waals surface area (Å²) in [5.74, 6) is 0.442. The van der Waals surface area contributed by atoms with Gasteiger partial charge in [0.15, 0.2) is 0 Å². The van der Waals surface area contributed by atoms with E-state index in [9.17, 15) is 4.79 Å². The highest BCUT2D eigenvalue weighted by atomic mass is 16.3. The van der Waals surface area contributed by atoms with Crippen molar-refractivity contribution >= 4 is 0 Å². The zero-order valence-electron chi connectivity index (χ0n) is 8.67. The number of aromatic nitrogens is 1. The lowest BCUT2D eigenvalue weighted by Crippen LogP contribution is -2.49. The first-order valence-electron chi connectivity index (χ1n) is 5.28. The van der Waals surface area contributed by atoms with Crippen LogP contribution >= 0.6 is 0 Å². The summed E-state index contributed by atoms with van der Waals surface area (Å²) in [5, 5.41) is 8.85. The lowest BCUT2D eigenvalue weighted by Gasteiger charge is -2.38. The van der Waals surface area contributed by atoms with Crippen LogP contribution in [0.25, 0.3) is 0 Å². The largest absolute Gasteiger partial charge is 0.396 e. The Morgan fingerprint density at radius 2 is 2.13 bits per heavy atom. The van der Waals surface area contributed by atoms with Gasteiger partial charge in [-0.25, -0.2) is 0 Å². The Bertz CT molecular complexity index is 369. The van der Waals surface area contributed by atoms with Crippen LogP contribution in [0.5, 0.6) is 0 Å². The number of nitrogens with zero attached hydrogens (tertiary/aromatic N) is 2. The van der Waals surface area contributed by atoms with E-state index in [-0.39, 0.29) is 12.2 Å². The molecular formula is C11H16N2O2. The quantitative estimate of drug-likeness (QED) is 0.743. The van der Waals surface area contributed by atoms with Crippen molar-refractivity contribution < 1.29 is 5.11 Å². The molecule has 4 nitrogen and oxygen atoms in total. The smallest absolute Gasteiger partial charge is 0.250 e. The molecule has 4 heteroatoms. The molecular weight excluding hydrogens is 192 g/mol. The number of rotatable bonds is 4. The van der Waals surface area contributed by atoms with E-state index in [1.54, 1.807) is 16.7 Å². The van der Waals surface area contributed by atoms with E-state index in [4.69, 9.17) is 5.11 Å². The van der Waals surface area contributed by atoms with E-state index in [1.165, 1.54) is 0 Å². The van der Waals surface area contributed by atoms with Gasteiger partial charge in [-0.3, -0.25) is 4.79 Å². The molecule has 0 bridgehead atoms. The molecule has 82 valence electrons. The highest BCUT2D eigenvalue weighted by Gasteiger charge is 2.24. The molecule has 1 saturated heterocycles. The number of aliphatic hydroxyl groups is 1. The van der Waals surface area contributed by atoms with Gasteiger partial charge in [-0.2, -0.15) is 0 Å². The van der Waals surface area contributed by atoms with Gasteiger partial charge in [-0.05, 0) is 6.07 Å². The Hall–Kier alpha value is -1.13. The van der Waals surface area contributed by atoms with E-state index in [0.29, 0.717) is 5.92 Å². The molecule has 1 aromatic heterocycles. The third-order valence-electron chi connectivity index (χ3n) is 2.85. The lowest BCUT2D eigenvalue weighted by molar-refractivity contribution is 0.0512. The number of likely N-dealkylation sites (tertiary alicyclic amines) is 1.